The lowest BCUT2D eigenvalue weighted by atomic mass is 9.95. The van der Waals surface area contributed by atoms with Gasteiger partial charge in [0.2, 0.25) is 5.91 Å². The summed E-state index contributed by atoms with van der Waals surface area (Å²) in [6.45, 7) is 0.922. The number of halogens is 1. The van der Waals surface area contributed by atoms with Crippen molar-refractivity contribution in [3.63, 3.8) is 0 Å². The van der Waals surface area contributed by atoms with Gasteiger partial charge < -0.3 is 10.6 Å². The monoisotopic (exact) mass is 280 g/mol. The van der Waals surface area contributed by atoms with Gasteiger partial charge in [-0.1, -0.05) is 6.42 Å². The summed E-state index contributed by atoms with van der Waals surface area (Å²) >= 11 is 1.94. The summed E-state index contributed by atoms with van der Waals surface area (Å²) in [5.74, 6) is 0.224. The average Bonchev–Trinajstić information content (AvgIpc) is 2.29. The normalized spacial score (nSPS) is 23.9. The molecule has 17 heavy (non-hydrogen) atoms. The van der Waals surface area contributed by atoms with Gasteiger partial charge in [-0.3, -0.25) is 4.79 Å². The lowest BCUT2D eigenvalue weighted by Crippen LogP contribution is -2.39. The Morgan fingerprint density at radius 3 is 2.82 bits per heavy atom. The number of carbonyl (C=O) groups excluding carboxylic acids is 1. The molecular weight excluding hydrogens is 256 g/mol. The fourth-order valence-corrected chi connectivity index (χ4v) is 3.04. The fraction of sp³-hybridized carbons (Fsp3) is 0.917. The number of carbonyl (C=O) groups is 1. The van der Waals surface area contributed by atoms with E-state index in [1.165, 1.54) is 12.8 Å². The van der Waals surface area contributed by atoms with Crippen LogP contribution in [0.2, 0.25) is 0 Å². The van der Waals surface area contributed by atoms with Gasteiger partial charge in [-0.05, 0) is 45.5 Å². The summed E-state index contributed by atoms with van der Waals surface area (Å²) in [4.78, 5) is 11.6. The van der Waals surface area contributed by atoms with E-state index in [9.17, 15) is 4.79 Å². The first kappa shape index (κ1) is 17.1. The molecule has 0 aromatic rings. The highest BCUT2D eigenvalue weighted by molar-refractivity contribution is 7.99. The molecule has 1 fully saturated rings. The second kappa shape index (κ2) is 10.0. The zero-order valence-electron chi connectivity index (χ0n) is 10.8. The third kappa shape index (κ3) is 7.17. The third-order valence-electron chi connectivity index (χ3n) is 3.16. The third-order valence-corrected chi connectivity index (χ3v) is 4.25. The van der Waals surface area contributed by atoms with E-state index in [2.05, 4.69) is 16.9 Å². The Morgan fingerprint density at radius 1 is 1.41 bits per heavy atom. The summed E-state index contributed by atoms with van der Waals surface area (Å²) in [6, 6.07) is 0.424. The highest BCUT2D eigenvalue weighted by atomic mass is 35.5. The van der Waals surface area contributed by atoms with Gasteiger partial charge in [0.1, 0.15) is 0 Å². The van der Waals surface area contributed by atoms with Gasteiger partial charge in [0.25, 0.3) is 0 Å². The van der Waals surface area contributed by atoms with Crippen molar-refractivity contribution >= 4 is 30.1 Å². The minimum atomic E-state index is 0. The van der Waals surface area contributed by atoms with Gasteiger partial charge in [-0.2, -0.15) is 11.8 Å². The topological polar surface area (TPSA) is 41.1 Å². The van der Waals surface area contributed by atoms with E-state index >= 15 is 0 Å². The van der Waals surface area contributed by atoms with Crippen molar-refractivity contribution in [1.82, 2.24) is 10.6 Å². The van der Waals surface area contributed by atoms with E-state index in [0.29, 0.717) is 12.5 Å². The minimum absolute atomic E-state index is 0. The van der Waals surface area contributed by atoms with Gasteiger partial charge in [0.05, 0.1) is 0 Å². The molecule has 1 aliphatic rings. The van der Waals surface area contributed by atoms with Crippen molar-refractivity contribution in [2.75, 3.05) is 19.8 Å². The van der Waals surface area contributed by atoms with E-state index in [1.54, 1.807) is 0 Å². The zero-order chi connectivity index (χ0) is 11.8. The van der Waals surface area contributed by atoms with E-state index in [0.717, 1.165) is 31.1 Å². The molecule has 5 heteroatoms. The van der Waals surface area contributed by atoms with Crippen LogP contribution in [-0.2, 0) is 4.79 Å². The SMILES string of the molecule is CNCCCC(=O)NC1CCCC(SC)C1.Cl. The van der Waals surface area contributed by atoms with Crippen LogP contribution in [0.1, 0.15) is 38.5 Å². The number of amides is 1. The highest BCUT2D eigenvalue weighted by Crippen LogP contribution is 2.26. The Bertz CT molecular complexity index is 217. The van der Waals surface area contributed by atoms with Crippen LogP contribution in [-0.4, -0.2) is 37.0 Å². The maximum absolute atomic E-state index is 11.6. The first-order valence-corrected chi connectivity index (χ1v) is 7.51. The molecule has 1 aliphatic carbocycles. The molecule has 0 heterocycles. The van der Waals surface area contributed by atoms with E-state index in [4.69, 9.17) is 0 Å². The standard InChI is InChI=1S/C12H24N2OS.ClH/c1-13-8-4-7-12(15)14-10-5-3-6-11(9-10)16-2;/h10-11,13H,3-9H2,1-2H3,(H,14,15);1H. The van der Waals surface area contributed by atoms with Gasteiger partial charge in [-0.15, -0.1) is 12.4 Å². The smallest absolute Gasteiger partial charge is 0.220 e. The lowest BCUT2D eigenvalue weighted by Gasteiger charge is -2.28. The molecule has 1 amide bonds. The maximum atomic E-state index is 11.6. The zero-order valence-corrected chi connectivity index (χ0v) is 12.5. The van der Waals surface area contributed by atoms with Gasteiger partial charge in [0.15, 0.2) is 0 Å². The van der Waals surface area contributed by atoms with Crippen LogP contribution in [0.15, 0.2) is 0 Å². The van der Waals surface area contributed by atoms with Crippen LogP contribution in [0, 0.1) is 0 Å². The molecule has 0 aromatic carbocycles. The Labute approximate surface area is 115 Å². The van der Waals surface area contributed by atoms with Crippen molar-refractivity contribution in [2.45, 2.75) is 49.8 Å². The number of hydrogen-bond acceptors (Lipinski definition) is 3. The molecule has 2 atom stereocenters. The quantitative estimate of drug-likeness (QED) is 0.733. The minimum Gasteiger partial charge on any atom is -0.353 e. The molecule has 0 saturated heterocycles. The van der Waals surface area contributed by atoms with E-state index in [-0.39, 0.29) is 18.3 Å². The van der Waals surface area contributed by atoms with Crippen LogP contribution in [0.5, 0.6) is 0 Å². The predicted molar refractivity (Wildman–Crippen MR) is 78.1 cm³/mol. The largest absolute Gasteiger partial charge is 0.353 e. The number of rotatable bonds is 6. The van der Waals surface area contributed by atoms with Crippen molar-refractivity contribution in [1.29, 1.82) is 0 Å². The molecular formula is C12H25ClN2OS. The molecule has 0 radical (unpaired) electrons. The second-order valence-corrected chi connectivity index (χ2v) is 5.63. The highest BCUT2D eigenvalue weighted by Gasteiger charge is 2.22. The van der Waals surface area contributed by atoms with Gasteiger partial charge >= 0.3 is 0 Å². The lowest BCUT2D eigenvalue weighted by molar-refractivity contribution is -0.122. The Balaban J connectivity index is 0.00000256. The Morgan fingerprint density at radius 2 is 2.18 bits per heavy atom. The first-order chi connectivity index (χ1) is 7.76. The van der Waals surface area contributed by atoms with Gasteiger partial charge in [0, 0.05) is 17.7 Å². The molecule has 0 bridgehead atoms. The second-order valence-electron chi connectivity index (χ2n) is 4.50. The molecule has 2 N–H and O–H groups in total. The molecule has 3 nitrogen and oxygen atoms in total. The fourth-order valence-electron chi connectivity index (χ4n) is 2.22. The van der Waals surface area contributed by atoms with Crippen molar-refractivity contribution in [3.8, 4) is 0 Å². The molecule has 0 aliphatic heterocycles. The van der Waals surface area contributed by atoms with E-state index in [1.807, 2.05) is 18.8 Å². The molecule has 0 spiro atoms. The summed E-state index contributed by atoms with van der Waals surface area (Å²) in [5, 5.41) is 6.97. The number of hydrogen-bond donors (Lipinski definition) is 2. The average molecular weight is 281 g/mol. The maximum Gasteiger partial charge on any atom is 0.220 e. The molecule has 102 valence electrons. The van der Waals surface area contributed by atoms with Crippen LogP contribution < -0.4 is 10.6 Å². The first-order valence-electron chi connectivity index (χ1n) is 6.23. The number of nitrogens with one attached hydrogen (secondary N) is 2. The molecule has 0 aromatic heterocycles. The van der Waals surface area contributed by atoms with Gasteiger partial charge in [-0.25, -0.2) is 0 Å². The van der Waals surface area contributed by atoms with Crippen LogP contribution in [0.4, 0.5) is 0 Å². The summed E-state index contributed by atoms with van der Waals surface area (Å²) in [6.07, 6.45) is 8.64. The Hall–Kier alpha value is 0.0700. The summed E-state index contributed by atoms with van der Waals surface area (Å²) < 4.78 is 0. The van der Waals surface area contributed by atoms with Crippen molar-refractivity contribution in [2.24, 2.45) is 0 Å². The molecule has 1 rings (SSSR count). The Kier molecular flexibility index (Phi) is 10.1. The predicted octanol–water partition coefficient (Wildman–Crippen LogP) is 2.20. The van der Waals surface area contributed by atoms with Crippen LogP contribution in [0.25, 0.3) is 0 Å². The van der Waals surface area contributed by atoms with Crippen LogP contribution in [0.3, 0.4) is 0 Å². The van der Waals surface area contributed by atoms with Crippen LogP contribution >= 0.6 is 24.2 Å². The van der Waals surface area contributed by atoms with E-state index < -0.39 is 0 Å². The molecule has 2 unspecified atom stereocenters. The van der Waals surface area contributed by atoms with Crippen molar-refractivity contribution < 1.29 is 4.79 Å². The number of thioether (sulfide) groups is 1. The molecule has 1 saturated carbocycles. The van der Waals surface area contributed by atoms with Crippen molar-refractivity contribution in [3.05, 3.63) is 0 Å². The summed E-state index contributed by atoms with van der Waals surface area (Å²) in [7, 11) is 1.92. The summed E-state index contributed by atoms with van der Waals surface area (Å²) in [5.41, 5.74) is 0.